The summed E-state index contributed by atoms with van der Waals surface area (Å²) in [4.78, 5) is 21.5. The molecule has 0 unspecified atom stereocenters. The van der Waals surface area contributed by atoms with Gasteiger partial charge in [-0.1, -0.05) is 28.1 Å². The molecule has 0 radical (unpaired) electrons. The van der Waals surface area contributed by atoms with Gasteiger partial charge in [0.05, 0.1) is 6.42 Å². The normalized spacial score (nSPS) is 10.4. The molecular formula is C12H12BrNO3. The lowest BCUT2D eigenvalue weighted by atomic mass is 10.2. The largest absolute Gasteiger partial charge is 0.481 e. The van der Waals surface area contributed by atoms with Crippen LogP contribution in [0.3, 0.4) is 0 Å². The van der Waals surface area contributed by atoms with E-state index in [0.29, 0.717) is 0 Å². The van der Waals surface area contributed by atoms with Gasteiger partial charge in [0.1, 0.15) is 0 Å². The van der Waals surface area contributed by atoms with Crippen molar-refractivity contribution in [2.45, 2.75) is 6.42 Å². The maximum atomic E-state index is 11.3. The van der Waals surface area contributed by atoms with E-state index >= 15 is 0 Å². The predicted octanol–water partition coefficient (Wildman–Crippen LogP) is 2.05. The van der Waals surface area contributed by atoms with Crippen LogP contribution in [0.25, 0.3) is 6.08 Å². The fourth-order valence-electron chi connectivity index (χ4n) is 1.10. The second-order valence-electron chi connectivity index (χ2n) is 3.32. The number of carboxylic acid groups (broad SMARTS) is 1. The summed E-state index contributed by atoms with van der Waals surface area (Å²) < 4.78 is 0.973. The number of carbonyl (C=O) groups excluding carboxylic acids is 1. The number of nitrogens with one attached hydrogen (secondary N) is 1. The van der Waals surface area contributed by atoms with Gasteiger partial charge >= 0.3 is 5.97 Å². The third-order valence-electron chi connectivity index (χ3n) is 1.94. The molecule has 0 aliphatic rings. The Bertz CT molecular complexity index is 426. The van der Waals surface area contributed by atoms with Crippen LogP contribution in [0.4, 0.5) is 0 Å². The SMILES string of the molecule is O=C(O)CCNC(=O)/C=C/c1ccc(Br)cc1. The van der Waals surface area contributed by atoms with E-state index in [1.165, 1.54) is 6.08 Å². The van der Waals surface area contributed by atoms with Gasteiger partial charge in [-0.2, -0.15) is 0 Å². The van der Waals surface area contributed by atoms with E-state index in [-0.39, 0.29) is 18.9 Å². The molecule has 1 aromatic rings. The van der Waals surface area contributed by atoms with Crippen molar-refractivity contribution >= 4 is 33.9 Å². The molecule has 0 saturated heterocycles. The zero-order valence-corrected chi connectivity index (χ0v) is 10.6. The summed E-state index contributed by atoms with van der Waals surface area (Å²) in [6.07, 6.45) is 2.98. The Kier molecular flexibility index (Phi) is 5.42. The van der Waals surface area contributed by atoms with E-state index in [0.717, 1.165) is 10.0 Å². The van der Waals surface area contributed by atoms with Crippen LogP contribution in [0.2, 0.25) is 0 Å². The summed E-state index contributed by atoms with van der Waals surface area (Å²) in [7, 11) is 0. The number of halogens is 1. The lowest BCUT2D eigenvalue weighted by molar-refractivity contribution is -0.136. The summed E-state index contributed by atoms with van der Waals surface area (Å²) in [5, 5.41) is 10.9. The van der Waals surface area contributed by atoms with Crippen molar-refractivity contribution in [3.8, 4) is 0 Å². The fourth-order valence-corrected chi connectivity index (χ4v) is 1.36. The molecule has 0 heterocycles. The second-order valence-corrected chi connectivity index (χ2v) is 4.24. The van der Waals surface area contributed by atoms with E-state index in [4.69, 9.17) is 5.11 Å². The number of carboxylic acids is 1. The van der Waals surface area contributed by atoms with Crippen LogP contribution < -0.4 is 5.32 Å². The first-order valence-electron chi connectivity index (χ1n) is 5.01. The molecule has 0 aliphatic heterocycles. The van der Waals surface area contributed by atoms with Gasteiger partial charge in [-0.25, -0.2) is 0 Å². The van der Waals surface area contributed by atoms with Crippen LogP contribution in [0.15, 0.2) is 34.8 Å². The van der Waals surface area contributed by atoms with Crippen molar-refractivity contribution < 1.29 is 14.7 Å². The van der Waals surface area contributed by atoms with Gasteiger partial charge < -0.3 is 10.4 Å². The molecule has 0 aromatic heterocycles. The second kappa shape index (κ2) is 6.85. The van der Waals surface area contributed by atoms with Crippen molar-refractivity contribution in [1.82, 2.24) is 5.32 Å². The van der Waals surface area contributed by atoms with Crippen LogP contribution >= 0.6 is 15.9 Å². The third kappa shape index (κ3) is 5.87. The molecule has 0 bridgehead atoms. The average Bonchev–Trinajstić information content (AvgIpc) is 2.28. The highest BCUT2D eigenvalue weighted by Gasteiger charge is 1.98. The van der Waals surface area contributed by atoms with Crippen LogP contribution in [-0.4, -0.2) is 23.5 Å². The topological polar surface area (TPSA) is 66.4 Å². The maximum Gasteiger partial charge on any atom is 0.305 e. The first-order chi connectivity index (χ1) is 8.08. The van der Waals surface area contributed by atoms with Gasteiger partial charge in [-0.3, -0.25) is 9.59 Å². The molecule has 0 aliphatic carbocycles. The first-order valence-corrected chi connectivity index (χ1v) is 5.80. The highest BCUT2D eigenvalue weighted by Crippen LogP contribution is 2.11. The molecule has 90 valence electrons. The van der Waals surface area contributed by atoms with Gasteiger partial charge in [0.15, 0.2) is 0 Å². The Balaban J connectivity index is 2.40. The molecule has 0 saturated carbocycles. The number of hydrogen-bond donors (Lipinski definition) is 2. The fraction of sp³-hybridized carbons (Fsp3) is 0.167. The monoisotopic (exact) mass is 297 g/mol. The van der Waals surface area contributed by atoms with Gasteiger partial charge in [-0.15, -0.1) is 0 Å². The number of benzene rings is 1. The summed E-state index contributed by atoms with van der Waals surface area (Å²) in [5.41, 5.74) is 0.904. The Morgan fingerprint density at radius 3 is 2.53 bits per heavy atom. The van der Waals surface area contributed by atoms with Crippen LogP contribution in [-0.2, 0) is 9.59 Å². The highest BCUT2D eigenvalue weighted by molar-refractivity contribution is 9.10. The summed E-state index contributed by atoms with van der Waals surface area (Å²) in [6.45, 7) is 0.138. The lowest BCUT2D eigenvalue weighted by Crippen LogP contribution is -2.23. The molecule has 4 nitrogen and oxygen atoms in total. The van der Waals surface area contributed by atoms with Crippen molar-refractivity contribution in [2.75, 3.05) is 6.54 Å². The number of amides is 1. The lowest BCUT2D eigenvalue weighted by Gasteiger charge is -1.98. The van der Waals surface area contributed by atoms with Crippen LogP contribution in [0.5, 0.6) is 0 Å². The zero-order valence-electron chi connectivity index (χ0n) is 9.02. The minimum atomic E-state index is -0.929. The van der Waals surface area contributed by atoms with Crippen LogP contribution in [0, 0.1) is 0 Å². The Hall–Kier alpha value is -1.62. The van der Waals surface area contributed by atoms with Crippen molar-refractivity contribution in [3.63, 3.8) is 0 Å². The molecule has 1 amide bonds. The first kappa shape index (κ1) is 13.4. The van der Waals surface area contributed by atoms with Crippen molar-refractivity contribution in [3.05, 3.63) is 40.4 Å². The summed E-state index contributed by atoms with van der Waals surface area (Å²) in [5.74, 6) is -1.23. The predicted molar refractivity (Wildman–Crippen MR) is 68.4 cm³/mol. The number of rotatable bonds is 5. The van der Waals surface area contributed by atoms with Crippen LogP contribution in [0.1, 0.15) is 12.0 Å². The van der Waals surface area contributed by atoms with E-state index in [1.807, 2.05) is 24.3 Å². The molecule has 1 rings (SSSR count). The third-order valence-corrected chi connectivity index (χ3v) is 2.46. The molecular weight excluding hydrogens is 286 g/mol. The van der Waals surface area contributed by atoms with Gasteiger partial charge in [0.25, 0.3) is 0 Å². The van der Waals surface area contributed by atoms with Gasteiger partial charge in [0.2, 0.25) is 5.91 Å². The quantitative estimate of drug-likeness (QED) is 0.818. The minimum absolute atomic E-state index is 0.0716. The molecule has 1 aromatic carbocycles. The average molecular weight is 298 g/mol. The molecule has 17 heavy (non-hydrogen) atoms. The Morgan fingerprint density at radius 1 is 1.29 bits per heavy atom. The number of hydrogen-bond acceptors (Lipinski definition) is 2. The van der Waals surface area contributed by atoms with Crippen molar-refractivity contribution in [1.29, 1.82) is 0 Å². The summed E-state index contributed by atoms with van der Waals surface area (Å²) in [6, 6.07) is 7.49. The van der Waals surface area contributed by atoms with E-state index < -0.39 is 5.97 Å². The Labute approximate surface area is 107 Å². The van der Waals surface area contributed by atoms with Crippen molar-refractivity contribution in [2.24, 2.45) is 0 Å². The molecule has 5 heteroatoms. The zero-order chi connectivity index (χ0) is 12.7. The highest BCUT2D eigenvalue weighted by atomic mass is 79.9. The Morgan fingerprint density at radius 2 is 1.94 bits per heavy atom. The number of carbonyl (C=O) groups is 2. The smallest absolute Gasteiger partial charge is 0.305 e. The molecule has 0 fully saturated rings. The molecule has 0 spiro atoms. The van der Waals surface area contributed by atoms with E-state index in [2.05, 4.69) is 21.2 Å². The molecule has 2 N–H and O–H groups in total. The van der Waals surface area contributed by atoms with Gasteiger partial charge in [0, 0.05) is 17.1 Å². The van der Waals surface area contributed by atoms with E-state index in [1.54, 1.807) is 6.08 Å². The number of aliphatic carboxylic acids is 1. The minimum Gasteiger partial charge on any atom is -0.481 e. The summed E-state index contributed by atoms with van der Waals surface area (Å²) >= 11 is 3.31. The molecule has 0 atom stereocenters. The standard InChI is InChI=1S/C12H12BrNO3/c13-10-4-1-9(2-5-10)3-6-11(15)14-8-7-12(16)17/h1-6H,7-8H2,(H,14,15)(H,16,17)/b6-3+. The maximum absolute atomic E-state index is 11.3. The van der Waals surface area contributed by atoms with Gasteiger partial charge in [-0.05, 0) is 23.8 Å². The van der Waals surface area contributed by atoms with E-state index in [9.17, 15) is 9.59 Å².